The van der Waals surface area contributed by atoms with Crippen molar-refractivity contribution in [1.29, 1.82) is 0 Å². The maximum Gasteiger partial charge on any atom is 0.123 e. The molecule has 1 aromatic rings. The van der Waals surface area contributed by atoms with Gasteiger partial charge >= 0.3 is 0 Å². The van der Waals surface area contributed by atoms with Crippen LogP contribution in [-0.4, -0.2) is 6.29 Å². The maximum atomic E-state index is 10.2. The van der Waals surface area contributed by atoms with Crippen LogP contribution in [0.1, 0.15) is 64.9 Å². The molecular weight excluding hydrogens is 232 g/mol. The molecule has 1 unspecified atom stereocenters. The highest BCUT2D eigenvalue weighted by atomic mass is 16.1. The number of aldehydes is 1. The smallest absolute Gasteiger partial charge is 0.123 e. The number of hydrogen-bond acceptors (Lipinski definition) is 1. The van der Waals surface area contributed by atoms with E-state index < -0.39 is 0 Å². The minimum Gasteiger partial charge on any atom is -0.303 e. The van der Waals surface area contributed by atoms with Gasteiger partial charge < -0.3 is 4.79 Å². The first-order chi connectivity index (χ1) is 9.28. The van der Waals surface area contributed by atoms with Gasteiger partial charge in [-0.3, -0.25) is 0 Å². The summed E-state index contributed by atoms with van der Waals surface area (Å²) >= 11 is 0. The van der Waals surface area contributed by atoms with E-state index in [1.807, 2.05) is 0 Å². The van der Waals surface area contributed by atoms with Gasteiger partial charge in [0.1, 0.15) is 6.29 Å². The van der Waals surface area contributed by atoms with Crippen LogP contribution in [0.2, 0.25) is 0 Å². The van der Waals surface area contributed by atoms with Crippen LogP contribution in [0.15, 0.2) is 30.3 Å². The summed E-state index contributed by atoms with van der Waals surface area (Å²) in [6, 6.07) is 10.6. The predicted octanol–water partition coefficient (Wildman–Crippen LogP) is 5.43. The van der Waals surface area contributed by atoms with E-state index in [2.05, 4.69) is 51.1 Å². The molecule has 0 aliphatic rings. The number of aryl methyl sites for hydroxylation is 1. The van der Waals surface area contributed by atoms with Gasteiger partial charge in [-0.15, -0.1) is 0 Å². The van der Waals surface area contributed by atoms with E-state index in [0.29, 0.717) is 5.92 Å². The van der Waals surface area contributed by atoms with E-state index in [1.165, 1.54) is 37.7 Å². The monoisotopic (exact) mass is 262 g/mol. The molecule has 1 rings (SSSR count). The van der Waals surface area contributed by atoms with Crippen molar-refractivity contribution in [1.82, 2.24) is 0 Å². The largest absolute Gasteiger partial charge is 0.303 e. The lowest BCUT2D eigenvalue weighted by atomic mass is 10.0. The Morgan fingerprint density at radius 3 is 2.11 bits per heavy atom. The van der Waals surface area contributed by atoms with E-state index in [4.69, 9.17) is 0 Å². The summed E-state index contributed by atoms with van der Waals surface area (Å²) in [5.74, 6) is 0.324. The summed E-state index contributed by atoms with van der Waals surface area (Å²) in [7, 11) is 0. The third kappa shape index (κ3) is 10.5. The Morgan fingerprint density at radius 1 is 1.00 bits per heavy atom. The first-order valence-corrected chi connectivity index (χ1v) is 7.77. The quantitative estimate of drug-likeness (QED) is 0.571. The van der Waals surface area contributed by atoms with Crippen LogP contribution in [0, 0.1) is 5.92 Å². The molecule has 0 fully saturated rings. The molecule has 19 heavy (non-hydrogen) atoms. The summed E-state index contributed by atoms with van der Waals surface area (Å²) in [6.45, 7) is 6.44. The molecule has 0 heterocycles. The lowest BCUT2D eigenvalue weighted by Gasteiger charge is -2.03. The fourth-order valence-electron chi connectivity index (χ4n) is 1.86. The van der Waals surface area contributed by atoms with Crippen LogP contribution in [0.4, 0.5) is 0 Å². The zero-order chi connectivity index (χ0) is 14.3. The van der Waals surface area contributed by atoms with E-state index in [1.54, 1.807) is 0 Å². The van der Waals surface area contributed by atoms with Crippen molar-refractivity contribution >= 4 is 6.29 Å². The second-order valence-electron chi connectivity index (χ2n) is 5.04. The Labute approximate surface area is 119 Å². The van der Waals surface area contributed by atoms with Crippen molar-refractivity contribution < 1.29 is 4.79 Å². The minimum atomic E-state index is 0.324. The second-order valence-corrected chi connectivity index (χ2v) is 5.04. The minimum absolute atomic E-state index is 0.324. The van der Waals surface area contributed by atoms with Crippen molar-refractivity contribution in [3.05, 3.63) is 35.9 Å². The molecule has 0 aromatic heterocycles. The van der Waals surface area contributed by atoms with Crippen LogP contribution in [0.5, 0.6) is 0 Å². The molecule has 0 N–H and O–H groups in total. The topological polar surface area (TPSA) is 17.1 Å². The van der Waals surface area contributed by atoms with Crippen molar-refractivity contribution in [2.24, 2.45) is 5.92 Å². The Balaban J connectivity index is 0.000000344. The van der Waals surface area contributed by atoms with E-state index >= 15 is 0 Å². The summed E-state index contributed by atoms with van der Waals surface area (Å²) in [4.78, 5) is 10.2. The van der Waals surface area contributed by atoms with E-state index in [9.17, 15) is 4.79 Å². The fraction of sp³-hybridized carbons (Fsp3) is 0.611. The summed E-state index contributed by atoms with van der Waals surface area (Å²) in [5, 5.41) is 0. The molecule has 1 atom stereocenters. The molecule has 0 saturated carbocycles. The number of hydrogen-bond donors (Lipinski definition) is 0. The highest BCUT2D eigenvalue weighted by Gasteiger charge is 2.01. The molecule has 1 nitrogen and oxygen atoms in total. The zero-order valence-corrected chi connectivity index (χ0v) is 12.9. The van der Waals surface area contributed by atoms with Crippen LogP contribution < -0.4 is 0 Å². The van der Waals surface area contributed by atoms with Gasteiger partial charge in [-0.25, -0.2) is 0 Å². The third-order valence-corrected chi connectivity index (χ3v) is 3.31. The first-order valence-electron chi connectivity index (χ1n) is 7.77. The van der Waals surface area contributed by atoms with Gasteiger partial charge in [0.2, 0.25) is 0 Å². The van der Waals surface area contributed by atoms with Crippen molar-refractivity contribution in [2.45, 2.75) is 65.7 Å². The van der Waals surface area contributed by atoms with Gasteiger partial charge in [0.15, 0.2) is 0 Å². The number of benzene rings is 1. The van der Waals surface area contributed by atoms with Gasteiger partial charge in [-0.2, -0.15) is 0 Å². The summed E-state index contributed by atoms with van der Waals surface area (Å²) < 4.78 is 0. The molecule has 0 spiro atoms. The lowest BCUT2D eigenvalue weighted by molar-refractivity contribution is -0.111. The van der Waals surface area contributed by atoms with Crippen molar-refractivity contribution in [3.8, 4) is 0 Å². The molecule has 0 aliphatic heterocycles. The predicted molar refractivity (Wildman–Crippen MR) is 84.4 cm³/mol. The van der Waals surface area contributed by atoms with Crippen LogP contribution >= 0.6 is 0 Å². The average molecular weight is 262 g/mol. The van der Waals surface area contributed by atoms with Crippen LogP contribution in [-0.2, 0) is 11.2 Å². The Kier molecular flexibility index (Phi) is 12.5. The SMILES string of the molecule is CCCCC(C=O)CC.CCCCc1ccccc1. The highest BCUT2D eigenvalue weighted by Crippen LogP contribution is 2.08. The molecular formula is C18H30O. The molecule has 0 amide bonds. The van der Waals surface area contributed by atoms with Gasteiger partial charge in [0.05, 0.1) is 0 Å². The molecule has 0 bridgehead atoms. The van der Waals surface area contributed by atoms with E-state index in [-0.39, 0.29) is 0 Å². The highest BCUT2D eigenvalue weighted by molar-refractivity contribution is 5.53. The number of carbonyl (C=O) groups is 1. The van der Waals surface area contributed by atoms with Gasteiger partial charge in [-0.1, -0.05) is 70.4 Å². The van der Waals surface area contributed by atoms with Gasteiger partial charge in [0, 0.05) is 5.92 Å². The molecule has 1 aromatic carbocycles. The number of unbranched alkanes of at least 4 members (excludes halogenated alkanes) is 2. The summed E-state index contributed by atoms with van der Waals surface area (Å²) in [5.41, 5.74) is 1.46. The zero-order valence-electron chi connectivity index (χ0n) is 12.9. The van der Waals surface area contributed by atoms with Crippen LogP contribution in [0.3, 0.4) is 0 Å². The molecule has 108 valence electrons. The third-order valence-electron chi connectivity index (χ3n) is 3.31. The molecule has 0 aliphatic carbocycles. The first kappa shape index (κ1) is 17.9. The van der Waals surface area contributed by atoms with Crippen LogP contribution in [0.25, 0.3) is 0 Å². The average Bonchev–Trinajstić information content (AvgIpc) is 2.48. The maximum absolute atomic E-state index is 10.2. The van der Waals surface area contributed by atoms with Crippen molar-refractivity contribution in [2.75, 3.05) is 0 Å². The van der Waals surface area contributed by atoms with Gasteiger partial charge in [-0.05, 0) is 31.2 Å². The standard InChI is InChI=1S/C10H14.C8H16O/c1-2-3-7-10-8-5-4-6-9-10;1-3-5-6-8(4-2)7-9/h4-6,8-9H,2-3,7H2,1H3;7-8H,3-6H2,1-2H3. The van der Waals surface area contributed by atoms with E-state index in [0.717, 1.165) is 19.1 Å². The Bertz CT molecular complexity index is 292. The second kappa shape index (κ2) is 13.3. The van der Waals surface area contributed by atoms with Gasteiger partial charge in [0.25, 0.3) is 0 Å². The molecule has 0 saturated heterocycles. The molecule has 0 radical (unpaired) electrons. The fourth-order valence-corrected chi connectivity index (χ4v) is 1.86. The normalized spacial score (nSPS) is 11.3. The summed E-state index contributed by atoms with van der Waals surface area (Å²) in [6.07, 6.45) is 9.38. The van der Waals surface area contributed by atoms with Crippen molar-refractivity contribution in [3.63, 3.8) is 0 Å². The molecule has 1 heteroatoms. The number of carbonyl (C=O) groups excluding carboxylic acids is 1. The number of rotatable bonds is 8. The Morgan fingerprint density at radius 2 is 1.63 bits per heavy atom. The Hall–Kier alpha value is -1.11. The lowest BCUT2D eigenvalue weighted by Crippen LogP contribution is -1.98.